The average molecular weight is 235 g/mol. The maximum Gasteiger partial charge on any atom is 0.303 e. The van der Waals surface area contributed by atoms with Crippen LogP contribution in [0.4, 0.5) is 0 Å². The molecule has 0 amide bonds. The molecule has 0 aliphatic heterocycles. The van der Waals surface area contributed by atoms with Gasteiger partial charge in [0.1, 0.15) is 0 Å². The fourth-order valence-electron chi connectivity index (χ4n) is 1.86. The third-order valence-corrected chi connectivity index (χ3v) is 2.82. The minimum absolute atomic E-state index is 0.268. The lowest BCUT2D eigenvalue weighted by atomic mass is 10.0. The molecule has 1 aromatic rings. The van der Waals surface area contributed by atoms with Crippen LogP contribution in [0.5, 0.6) is 0 Å². The predicted molar refractivity (Wildman–Crippen MR) is 69.0 cm³/mol. The van der Waals surface area contributed by atoms with Gasteiger partial charge in [-0.2, -0.15) is 0 Å². The average Bonchev–Trinajstić information content (AvgIpc) is 2.34. The van der Waals surface area contributed by atoms with Crippen LogP contribution in [0.3, 0.4) is 0 Å². The number of hydrogen-bond acceptors (Lipinski definition) is 2. The topological polar surface area (TPSA) is 49.3 Å². The summed E-state index contributed by atoms with van der Waals surface area (Å²) in [5.41, 5.74) is 1.30. The van der Waals surface area contributed by atoms with E-state index in [1.807, 2.05) is 18.2 Å². The normalized spacial score (nSPS) is 12.3. The van der Waals surface area contributed by atoms with E-state index in [0.717, 1.165) is 25.8 Å². The van der Waals surface area contributed by atoms with Crippen molar-refractivity contribution >= 4 is 5.97 Å². The molecule has 0 radical (unpaired) electrons. The second kappa shape index (κ2) is 7.85. The van der Waals surface area contributed by atoms with Gasteiger partial charge in [0.05, 0.1) is 0 Å². The molecule has 0 heterocycles. The Hall–Kier alpha value is -1.35. The highest BCUT2D eigenvalue weighted by molar-refractivity contribution is 5.66. The summed E-state index contributed by atoms with van der Waals surface area (Å²) in [5.74, 6) is -0.708. The highest BCUT2D eigenvalue weighted by atomic mass is 16.4. The van der Waals surface area contributed by atoms with Crippen molar-refractivity contribution in [3.05, 3.63) is 35.9 Å². The molecule has 1 atom stereocenters. The number of carboxylic acid groups (broad SMARTS) is 1. The third kappa shape index (κ3) is 5.50. The van der Waals surface area contributed by atoms with E-state index >= 15 is 0 Å². The van der Waals surface area contributed by atoms with Crippen LogP contribution in [0.15, 0.2) is 30.3 Å². The molecule has 17 heavy (non-hydrogen) atoms. The lowest BCUT2D eigenvalue weighted by Crippen LogP contribution is -2.21. The Balaban J connectivity index is 2.26. The Bertz CT molecular complexity index is 324. The summed E-state index contributed by atoms with van der Waals surface area (Å²) in [7, 11) is 0. The van der Waals surface area contributed by atoms with E-state index in [0.29, 0.717) is 6.04 Å². The number of hydrogen-bond donors (Lipinski definition) is 2. The zero-order valence-corrected chi connectivity index (χ0v) is 10.4. The van der Waals surface area contributed by atoms with Crippen molar-refractivity contribution in [1.29, 1.82) is 0 Å². The zero-order valence-electron chi connectivity index (χ0n) is 10.4. The molecule has 0 aromatic heterocycles. The Kier molecular flexibility index (Phi) is 6.33. The minimum Gasteiger partial charge on any atom is -0.481 e. The number of rotatable bonds is 8. The van der Waals surface area contributed by atoms with E-state index in [-0.39, 0.29) is 6.42 Å². The van der Waals surface area contributed by atoms with Gasteiger partial charge in [0.25, 0.3) is 0 Å². The van der Waals surface area contributed by atoms with Crippen molar-refractivity contribution in [2.45, 2.75) is 38.6 Å². The second-order valence-corrected chi connectivity index (χ2v) is 4.18. The van der Waals surface area contributed by atoms with Crippen LogP contribution in [0.2, 0.25) is 0 Å². The van der Waals surface area contributed by atoms with Crippen molar-refractivity contribution in [1.82, 2.24) is 5.32 Å². The first kappa shape index (κ1) is 13.7. The van der Waals surface area contributed by atoms with Gasteiger partial charge in [0.2, 0.25) is 0 Å². The van der Waals surface area contributed by atoms with Gasteiger partial charge in [-0.3, -0.25) is 4.79 Å². The molecule has 0 aliphatic rings. The van der Waals surface area contributed by atoms with E-state index in [1.165, 1.54) is 5.56 Å². The zero-order chi connectivity index (χ0) is 12.5. The Morgan fingerprint density at radius 1 is 1.29 bits per heavy atom. The van der Waals surface area contributed by atoms with E-state index < -0.39 is 5.97 Å². The molecule has 0 spiro atoms. The van der Waals surface area contributed by atoms with Crippen LogP contribution in [0.25, 0.3) is 0 Å². The Morgan fingerprint density at radius 3 is 2.59 bits per heavy atom. The quantitative estimate of drug-likeness (QED) is 0.681. The molecule has 3 heteroatoms. The van der Waals surface area contributed by atoms with Gasteiger partial charge in [0.15, 0.2) is 0 Å². The molecule has 1 aromatic carbocycles. The van der Waals surface area contributed by atoms with Crippen LogP contribution in [0.1, 0.15) is 44.2 Å². The van der Waals surface area contributed by atoms with Gasteiger partial charge in [0, 0.05) is 12.5 Å². The van der Waals surface area contributed by atoms with Crippen LogP contribution in [0, 0.1) is 0 Å². The molecule has 0 bridgehead atoms. The van der Waals surface area contributed by atoms with Gasteiger partial charge in [-0.1, -0.05) is 37.3 Å². The standard InChI is InChI=1S/C14H21NO2/c1-2-13(12-8-4-3-5-9-12)15-11-7-6-10-14(16)17/h3-5,8-9,13,15H,2,6-7,10-11H2,1H3,(H,16,17). The fourth-order valence-corrected chi connectivity index (χ4v) is 1.86. The van der Waals surface area contributed by atoms with Gasteiger partial charge in [-0.05, 0) is 31.4 Å². The van der Waals surface area contributed by atoms with E-state index in [4.69, 9.17) is 5.11 Å². The molecular weight excluding hydrogens is 214 g/mol. The summed E-state index contributed by atoms with van der Waals surface area (Å²) in [5, 5.41) is 12.0. The number of carboxylic acids is 1. The summed E-state index contributed by atoms with van der Waals surface area (Å²) < 4.78 is 0. The molecular formula is C14H21NO2. The minimum atomic E-state index is -0.708. The summed E-state index contributed by atoms with van der Waals surface area (Å²) in [4.78, 5) is 10.4. The number of nitrogens with one attached hydrogen (secondary N) is 1. The SMILES string of the molecule is CCC(NCCCCC(=O)O)c1ccccc1. The van der Waals surface area contributed by atoms with Gasteiger partial charge >= 0.3 is 5.97 Å². The summed E-state index contributed by atoms with van der Waals surface area (Å²) in [6.07, 6.45) is 2.97. The first-order valence-electron chi connectivity index (χ1n) is 6.24. The molecule has 0 fully saturated rings. The molecule has 0 aliphatic carbocycles. The number of benzene rings is 1. The highest BCUT2D eigenvalue weighted by Gasteiger charge is 2.07. The van der Waals surface area contributed by atoms with Crippen molar-refractivity contribution in [3.8, 4) is 0 Å². The molecule has 2 N–H and O–H groups in total. The second-order valence-electron chi connectivity index (χ2n) is 4.18. The summed E-state index contributed by atoms with van der Waals surface area (Å²) >= 11 is 0. The number of unbranched alkanes of at least 4 members (excludes halogenated alkanes) is 1. The molecule has 0 saturated heterocycles. The first-order valence-corrected chi connectivity index (χ1v) is 6.24. The lowest BCUT2D eigenvalue weighted by molar-refractivity contribution is -0.137. The van der Waals surface area contributed by atoms with Crippen molar-refractivity contribution in [2.24, 2.45) is 0 Å². The molecule has 1 unspecified atom stereocenters. The van der Waals surface area contributed by atoms with Crippen molar-refractivity contribution in [2.75, 3.05) is 6.54 Å². The van der Waals surface area contributed by atoms with E-state index in [2.05, 4.69) is 24.4 Å². The molecule has 3 nitrogen and oxygen atoms in total. The Morgan fingerprint density at radius 2 is 2.00 bits per heavy atom. The summed E-state index contributed by atoms with van der Waals surface area (Å²) in [6, 6.07) is 10.7. The van der Waals surface area contributed by atoms with Crippen LogP contribution in [-0.4, -0.2) is 17.6 Å². The van der Waals surface area contributed by atoms with Gasteiger partial charge in [-0.15, -0.1) is 0 Å². The Labute approximate surface area is 103 Å². The van der Waals surface area contributed by atoms with Crippen LogP contribution in [-0.2, 0) is 4.79 Å². The molecule has 94 valence electrons. The first-order chi connectivity index (χ1) is 8.24. The van der Waals surface area contributed by atoms with Gasteiger partial charge < -0.3 is 10.4 Å². The molecule has 1 rings (SSSR count). The maximum absolute atomic E-state index is 10.4. The lowest BCUT2D eigenvalue weighted by Gasteiger charge is -2.17. The van der Waals surface area contributed by atoms with Gasteiger partial charge in [-0.25, -0.2) is 0 Å². The van der Waals surface area contributed by atoms with Crippen LogP contribution < -0.4 is 5.32 Å². The van der Waals surface area contributed by atoms with Crippen molar-refractivity contribution in [3.63, 3.8) is 0 Å². The number of carbonyl (C=O) groups is 1. The monoisotopic (exact) mass is 235 g/mol. The fraction of sp³-hybridized carbons (Fsp3) is 0.500. The molecule has 0 saturated carbocycles. The maximum atomic E-state index is 10.4. The smallest absolute Gasteiger partial charge is 0.303 e. The summed E-state index contributed by atoms with van der Waals surface area (Å²) in [6.45, 7) is 3.03. The predicted octanol–water partition coefficient (Wildman–Crippen LogP) is 2.98. The van der Waals surface area contributed by atoms with Crippen molar-refractivity contribution < 1.29 is 9.90 Å². The third-order valence-electron chi connectivity index (χ3n) is 2.82. The van der Waals surface area contributed by atoms with Crippen LogP contribution >= 0.6 is 0 Å². The highest BCUT2D eigenvalue weighted by Crippen LogP contribution is 2.15. The number of aliphatic carboxylic acids is 1. The largest absolute Gasteiger partial charge is 0.481 e. The van der Waals surface area contributed by atoms with E-state index in [1.54, 1.807) is 0 Å². The van der Waals surface area contributed by atoms with E-state index in [9.17, 15) is 4.79 Å².